The van der Waals surface area contributed by atoms with E-state index >= 15 is 0 Å². The van der Waals surface area contributed by atoms with Crippen LogP contribution in [-0.2, 0) is 0 Å². The van der Waals surface area contributed by atoms with Crippen LogP contribution in [0.3, 0.4) is 0 Å². The maximum Gasteiger partial charge on any atom is 0.340 e. The van der Waals surface area contributed by atoms with Crippen LogP contribution in [-0.4, -0.2) is 39.5 Å². The van der Waals surface area contributed by atoms with Gasteiger partial charge in [-0.25, -0.2) is 9.97 Å². The van der Waals surface area contributed by atoms with Crippen LogP contribution in [0, 0.1) is 10.1 Å². The minimum Gasteiger partial charge on any atom is -0.358 e. The molecular weight excluding hydrogens is 309 g/mol. The normalized spacial score (nSPS) is 11.0. The van der Waals surface area contributed by atoms with Crippen molar-refractivity contribution in [2.24, 2.45) is 0 Å². The molecule has 0 aliphatic rings. The summed E-state index contributed by atoms with van der Waals surface area (Å²) in [4.78, 5) is 15.0. The number of hydrogen-bond donors (Lipinski definition) is 1. The number of nitrogens with one attached hydrogen (secondary N) is 1. The second kappa shape index (κ2) is 13.5. The average molecular weight is 344 g/mol. The second-order valence-corrected chi connectivity index (χ2v) is 10.7. The lowest BCUT2D eigenvalue weighted by atomic mass is 10.4. The molecular formula is C17H35N3O2P+. The Labute approximate surface area is 142 Å². The fraction of sp³-hybridized carbons (Fsp3) is 0.824. The zero-order chi connectivity index (χ0) is 17.6. The molecule has 0 saturated carbocycles. The van der Waals surface area contributed by atoms with Gasteiger partial charge < -0.3 is 10.1 Å². The molecule has 1 rings (SSSR count). The molecule has 1 aromatic heterocycles. The monoisotopic (exact) mass is 344 g/mol. The van der Waals surface area contributed by atoms with E-state index in [1.54, 1.807) is 18.5 Å². The van der Waals surface area contributed by atoms with Gasteiger partial charge in [-0.3, -0.25) is 0 Å². The highest BCUT2D eigenvalue weighted by Crippen LogP contribution is 2.60. The Morgan fingerprint density at radius 1 is 1.04 bits per heavy atom. The summed E-state index contributed by atoms with van der Waals surface area (Å²) >= 11 is 0. The van der Waals surface area contributed by atoms with Gasteiger partial charge >= 0.3 is 5.82 Å². The van der Waals surface area contributed by atoms with Crippen molar-refractivity contribution in [1.29, 1.82) is 0 Å². The third kappa shape index (κ3) is 9.70. The third-order valence-electron chi connectivity index (χ3n) is 4.31. The van der Waals surface area contributed by atoms with E-state index in [1.165, 1.54) is 51.0 Å². The predicted molar refractivity (Wildman–Crippen MR) is 102 cm³/mol. The predicted octanol–water partition coefficient (Wildman–Crippen LogP) is 5.74. The van der Waals surface area contributed by atoms with Crippen molar-refractivity contribution in [1.82, 2.24) is 9.97 Å². The summed E-state index contributed by atoms with van der Waals surface area (Å²) in [5, 5.41) is 9.80. The highest BCUT2D eigenvalue weighted by molar-refractivity contribution is 7.75. The van der Waals surface area contributed by atoms with E-state index in [4.69, 9.17) is 0 Å². The van der Waals surface area contributed by atoms with Gasteiger partial charge in [0.1, 0.15) is 6.20 Å². The van der Waals surface area contributed by atoms with Crippen molar-refractivity contribution in [3.63, 3.8) is 0 Å². The molecule has 5 nitrogen and oxygen atoms in total. The number of nitrogens with zero attached hydrogens (tertiary/aromatic N) is 2. The molecule has 1 heterocycles. The minimum atomic E-state index is -0.535. The lowest BCUT2D eigenvalue weighted by Crippen LogP contribution is -2.11. The van der Waals surface area contributed by atoms with E-state index in [0.717, 1.165) is 6.20 Å². The molecule has 0 aliphatic heterocycles. The first kappa shape index (κ1) is 22.0. The number of rotatable bonds is 11. The molecule has 0 saturated heterocycles. The van der Waals surface area contributed by atoms with Crippen LogP contribution in [0.4, 0.5) is 5.82 Å². The summed E-state index contributed by atoms with van der Waals surface area (Å²) in [5.41, 5.74) is 0. The van der Waals surface area contributed by atoms with Crippen molar-refractivity contribution in [2.45, 2.75) is 66.2 Å². The molecule has 0 atom stereocenters. The maximum atomic E-state index is 9.80. The molecule has 6 heteroatoms. The number of H-pyrrole nitrogens is 1. The first-order chi connectivity index (χ1) is 11.0. The molecule has 0 amide bonds. The van der Waals surface area contributed by atoms with E-state index in [2.05, 4.69) is 37.7 Å². The van der Waals surface area contributed by atoms with Gasteiger partial charge in [0, 0.05) is 7.26 Å². The molecule has 1 N–H and O–H groups in total. The fourth-order valence-electron chi connectivity index (χ4n) is 2.64. The van der Waals surface area contributed by atoms with Crippen molar-refractivity contribution in [2.75, 3.05) is 24.6 Å². The Morgan fingerprint density at radius 3 is 1.74 bits per heavy atom. The van der Waals surface area contributed by atoms with Crippen LogP contribution in [0.25, 0.3) is 0 Å². The van der Waals surface area contributed by atoms with Crippen LogP contribution in [0.15, 0.2) is 12.5 Å². The average Bonchev–Trinajstić information content (AvgIpc) is 3.10. The molecule has 0 bridgehead atoms. The zero-order valence-corrected chi connectivity index (χ0v) is 16.3. The van der Waals surface area contributed by atoms with Crippen molar-refractivity contribution < 1.29 is 4.92 Å². The highest BCUT2D eigenvalue weighted by Gasteiger charge is 2.32. The van der Waals surface area contributed by atoms with E-state index in [0.29, 0.717) is 0 Å². The van der Waals surface area contributed by atoms with Gasteiger partial charge in [-0.2, -0.15) is 0 Å². The van der Waals surface area contributed by atoms with Gasteiger partial charge in [0.25, 0.3) is 0 Å². The van der Waals surface area contributed by atoms with E-state index < -0.39 is 12.2 Å². The van der Waals surface area contributed by atoms with Gasteiger partial charge in [-0.1, -0.05) is 40.0 Å². The number of nitro groups is 1. The maximum absolute atomic E-state index is 9.80. The number of hydrogen-bond acceptors (Lipinski definition) is 3. The van der Waals surface area contributed by atoms with Gasteiger partial charge in [-0.05, 0) is 31.1 Å². The summed E-state index contributed by atoms with van der Waals surface area (Å²) in [6, 6.07) is 0. The Hall–Kier alpha value is -0.960. The summed E-state index contributed by atoms with van der Waals surface area (Å²) in [6.45, 7) is 9.46. The molecule has 134 valence electrons. The SMILES string of the molecule is CCCC[P+](CC)(CCCC)CCCC.O=[N+]([O-])c1cnc[nH]1. The molecule has 1 aromatic rings. The van der Waals surface area contributed by atoms with E-state index in [9.17, 15) is 10.1 Å². The number of unbranched alkanes of at least 4 members (excludes halogenated alkanes) is 3. The quantitative estimate of drug-likeness (QED) is 0.316. The summed E-state index contributed by atoms with van der Waals surface area (Å²) in [5.74, 6) is -0.0787. The van der Waals surface area contributed by atoms with Crippen LogP contribution >= 0.6 is 7.26 Å². The lowest BCUT2D eigenvalue weighted by molar-refractivity contribution is -0.389. The molecule has 0 aromatic carbocycles. The Balaban J connectivity index is 0.000000502. The van der Waals surface area contributed by atoms with E-state index in [-0.39, 0.29) is 5.82 Å². The fourth-order valence-corrected chi connectivity index (χ4v) is 7.22. The van der Waals surface area contributed by atoms with Gasteiger partial charge in [0.05, 0.1) is 24.6 Å². The number of aromatic amines is 1. The summed E-state index contributed by atoms with van der Waals surface area (Å²) in [6.07, 6.45) is 17.3. The number of imidazole rings is 1. The number of aromatic nitrogens is 2. The lowest BCUT2D eigenvalue weighted by Gasteiger charge is -2.26. The smallest absolute Gasteiger partial charge is 0.340 e. The Bertz CT molecular complexity index is 375. The van der Waals surface area contributed by atoms with Crippen molar-refractivity contribution in [3.05, 3.63) is 22.6 Å². The standard InChI is InChI=1S/C14H32P.C3H3N3O2/c1-5-9-12-15(8-4,13-10-6-2)14-11-7-3;7-6(8)3-1-4-2-5-3/h5-14H2,1-4H3;1-2H,(H,4,5)/q+1;. The summed E-state index contributed by atoms with van der Waals surface area (Å²) in [7, 11) is -0.527. The molecule has 0 spiro atoms. The largest absolute Gasteiger partial charge is 0.358 e. The highest BCUT2D eigenvalue weighted by atomic mass is 31.2. The first-order valence-corrected chi connectivity index (χ1v) is 11.6. The van der Waals surface area contributed by atoms with Crippen molar-refractivity contribution in [3.8, 4) is 0 Å². The molecule has 0 fully saturated rings. The van der Waals surface area contributed by atoms with Gasteiger partial charge in [0.2, 0.25) is 0 Å². The zero-order valence-electron chi connectivity index (χ0n) is 15.4. The third-order valence-corrected chi connectivity index (χ3v) is 9.45. The first-order valence-electron chi connectivity index (χ1n) is 9.03. The second-order valence-electron chi connectivity index (χ2n) is 6.08. The van der Waals surface area contributed by atoms with Gasteiger partial charge in [0.15, 0.2) is 6.33 Å². The van der Waals surface area contributed by atoms with Crippen LogP contribution in [0.5, 0.6) is 0 Å². The minimum absolute atomic E-state index is 0.0787. The topological polar surface area (TPSA) is 71.8 Å². The van der Waals surface area contributed by atoms with Gasteiger partial charge in [-0.15, -0.1) is 0 Å². The van der Waals surface area contributed by atoms with Crippen LogP contribution < -0.4 is 0 Å². The van der Waals surface area contributed by atoms with Crippen molar-refractivity contribution >= 4 is 13.1 Å². The Morgan fingerprint density at radius 2 is 1.52 bits per heavy atom. The molecule has 0 unspecified atom stereocenters. The molecule has 0 aliphatic carbocycles. The van der Waals surface area contributed by atoms with E-state index in [1.807, 2.05) is 0 Å². The molecule has 23 heavy (non-hydrogen) atoms. The summed E-state index contributed by atoms with van der Waals surface area (Å²) < 4.78 is 0. The molecule has 0 radical (unpaired) electrons. The Kier molecular flexibility index (Phi) is 12.9. The van der Waals surface area contributed by atoms with Crippen LogP contribution in [0.1, 0.15) is 66.2 Å². The van der Waals surface area contributed by atoms with Crippen LogP contribution in [0.2, 0.25) is 0 Å².